The zero-order chi connectivity index (χ0) is 32.3. The first-order valence-corrected chi connectivity index (χ1v) is 15.4. The van der Waals surface area contributed by atoms with E-state index in [4.69, 9.17) is 0 Å². The van der Waals surface area contributed by atoms with Crippen molar-refractivity contribution in [3.63, 3.8) is 0 Å². The largest absolute Gasteiger partial charge is 0.612 e. The highest BCUT2D eigenvalue weighted by molar-refractivity contribution is 7.90. The van der Waals surface area contributed by atoms with Crippen LogP contribution in [-0.2, 0) is 20.8 Å². The van der Waals surface area contributed by atoms with Crippen LogP contribution < -0.4 is 4.90 Å². The molecule has 13 heteroatoms. The van der Waals surface area contributed by atoms with Gasteiger partial charge in [-0.15, -0.1) is 0 Å². The Morgan fingerprint density at radius 3 is 2.57 bits per heavy atom. The van der Waals surface area contributed by atoms with Crippen LogP contribution in [0.1, 0.15) is 37.9 Å². The van der Waals surface area contributed by atoms with Gasteiger partial charge >= 0.3 is 0 Å². The molecule has 1 fully saturated rings. The van der Waals surface area contributed by atoms with Gasteiger partial charge in [0.1, 0.15) is 35.0 Å². The van der Waals surface area contributed by atoms with E-state index in [0.717, 1.165) is 17.0 Å². The molecule has 1 N–H and O–H groups in total. The van der Waals surface area contributed by atoms with Crippen LogP contribution >= 0.6 is 0 Å². The van der Waals surface area contributed by atoms with E-state index in [1.807, 2.05) is 25.7 Å². The lowest BCUT2D eigenvalue weighted by Crippen LogP contribution is -2.55. The van der Waals surface area contributed by atoms with E-state index in [-0.39, 0.29) is 45.7 Å². The molecule has 3 aromatic rings. The number of hydrogen-bond acceptors (Lipinski definition) is 7. The molecule has 0 saturated carbocycles. The number of amidine groups is 1. The molecule has 232 valence electrons. The minimum atomic E-state index is -1.58. The lowest BCUT2D eigenvalue weighted by molar-refractivity contribution is -0.128. The van der Waals surface area contributed by atoms with Gasteiger partial charge in [-0.25, -0.2) is 13.8 Å². The number of piperazine rings is 1. The summed E-state index contributed by atoms with van der Waals surface area (Å²) >= 11 is -1.58. The van der Waals surface area contributed by atoms with E-state index in [9.17, 15) is 19.2 Å². The van der Waals surface area contributed by atoms with Gasteiger partial charge in [-0.3, -0.25) is 24.5 Å². The van der Waals surface area contributed by atoms with Crippen LogP contribution in [0.2, 0.25) is 0 Å². The maximum absolute atomic E-state index is 16.0. The Balaban J connectivity index is 2.02. The van der Waals surface area contributed by atoms with Crippen LogP contribution in [0.4, 0.5) is 20.3 Å². The molecule has 44 heavy (non-hydrogen) atoms. The highest BCUT2D eigenvalue weighted by Crippen LogP contribution is 2.40. The fraction of sp³-hybridized carbons (Fsp3) is 0.323. The number of halogens is 2. The summed E-state index contributed by atoms with van der Waals surface area (Å²) in [5, 5.41) is 10.5. The number of hydrogen-bond donors (Lipinski definition) is 1. The predicted molar refractivity (Wildman–Crippen MR) is 166 cm³/mol. The Kier molecular flexibility index (Phi) is 10.00. The van der Waals surface area contributed by atoms with Crippen molar-refractivity contribution in [2.75, 3.05) is 37.8 Å². The Labute approximate surface area is 257 Å². The van der Waals surface area contributed by atoms with Gasteiger partial charge in [0.2, 0.25) is 12.3 Å². The molecular formula is C31H34F2N6O4S. The van der Waals surface area contributed by atoms with Crippen molar-refractivity contribution < 1.29 is 28.0 Å². The van der Waals surface area contributed by atoms with Crippen molar-refractivity contribution in [3.05, 3.63) is 72.1 Å². The van der Waals surface area contributed by atoms with Crippen molar-refractivity contribution in [2.45, 2.75) is 37.6 Å². The fourth-order valence-corrected chi connectivity index (χ4v) is 6.04. The number of aromatic nitrogens is 2. The van der Waals surface area contributed by atoms with E-state index >= 15 is 8.78 Å². The standard InChI is InChI=1S/C31H34F2N6O4S/c1-7-25(42)37-13-14-38(19(4)16-37)30(34-5)20-15-22(33)28(26-21(32)9-8-10-23(26)41)36-31(20)39(17-40)29-24(44(6)43)11-12-35-27(29)18(2)3/h7-12,15,17-19,41H,1,13-14,16H2,2-6H3/b34-30+. The van der Waals surface area contributed by atoms with E-state index in [1.54, 1.807) is 4.90 Å². The van der Waals surface area contributed by atoms with Crippen molar-refractivity contribution in [2.24, 2.45) is 4.99 Å². The first-order chi connectivity index (χ1) is 20.9. The van der Waals surface area contributed by atoms with Crippen LogP contribution in [0.5, 0.6) is 5.75 Å². The number of pyridine rings is 2. The van der Waals surface area contributed by atoms with Gasteiger partial charge < -0.3 is 19.5 Å². The highest BCUT2D eigenvalue weighted by atomic mass is 32.2. The zero-order valence-electron chi connectivity index (χ0n) is 25.1. The van der Waals surface area contributed by atoms with Gasteiger partial charge in [-0.2, -0.15) is 0 Å². The third-order valence-electron chi connectivity index (χ3n) is 7.37. The second-order valence-electron chi connectivity index (χ2n) is 10.5. The first-order valence-electron chi connectivity index (χ1n) is 13.8. The second-order valence-corrected chi connectivity index (χ2v) is 11.9. The van der Waals surface area contributed by atoms with Crippen LogP contribution in [0.15, 0.2) is 59.1 Å². The lowest BCUT2D eigenvalue weighted by atomic mass is 10.0. The fourth-order valence-electron chi connectivity index (χ4n) is 5.31. The summed E-state index contributed by atoms with van der Waals surface area (Å²) in [5.41, 5.74) is -0.328. The molecule has 10 nitrogen and oxygen atoms in total. The monoisotopic (exact) mass is 624 g/mol. The van der Waals surface area contributed by atoms with Crippen molar-refractivity contribution in [3.8, 4) is 17.0 Å². The van der Waals surface area contributed by atoms with E-state index in [0.29, 0.717) is 31.7 Å². The number of rotatable bonds is 8. The van der Waals surface area contributed by atoms with Gasteiger partial charge in [0.05, 0.1) is 16.8 Å². The summed E-state index contributed by atoms with van der Waals surface area (Å²) in [6.45, 7) is 10.1. The molecule has 4 rings (SSSR count). The topological polar surface area (TPSA) is 125 Å². The highest BCUT2D eigenvalue weighted by Gasteiger charge is 2.34. The molecule has 2 unspecified atom stereocenters. The number of anilines is 2. The molecule has 2 amide bonds. The van der Waals surface area contributed by atoms with Gasteiger partial charge in [-0.1, -0.05) is 26.5 Å². The predicted octanol–water partition coefficient (Wildman–Crippen LogP) is 4.38. The molecule has 1 aliphatic rings. The Hall–Kier alpha value is -4.36. The number of aliphatic imine (C=N–C) groups is 1. The summed E-state index contributed by atoms with van der Waals surface area (Å²) in [6.07, 6.45) is 4.64. The van der Waals surface area contributed by atoms with Crippen LogP contribution in [-0.4, -0.2) is 86.6 Å². The summed E-state index contributed by atoms with van der Waals surface area (Å²) in [4.78, 5) is 43.6. The van der Waals surface area contributed by atoms with Crippen LogP contribution in [0.25, 0.3) is 11.3 Å². The summed E-state index contributed by atoms with van der Waals surface area (Å²) < 4.78 is 43.9. The number of carbonyl (C=O) groups is 2. The molecule has 0 spiro atoms. The first kappa shape index (κ1) is 32.6. The Bertz CT molecular complexity index is 1570. The smallest absolute Gasteiger partial charge is 0.246 e. The number of nitrogens with zero attached hydrogens (tertiary/aromatic N) is 6. The third kappa shape index (κ3) is 6.15. The zero-order valence-corrected chi connectivity index (χ0v) is 25.9. The van der Waals surface area contributed by atoms with Gasteiger partial charge in [0.15, 0.2) is 16.5 Å². The van der Waals surface area contributed by atoms with Crippen molar-refractivity contribution >= 4 is 40.8 Å². The average molecular weight is 625 g/mol. The second kappa shape index (κ2) is 13.5. The number of benzene rings is 1. The minimum Gasteiger partial charge on any atom is -0.612 e. The van der Waals surface area contributed by atoms with Gasteiger partial charge in [0, 0.05) is 45.0 Å². The van der Waals surface area contributed by atoms with Crippen LogP contribution in [0, 0.1) is 11.6 Å². The minimum absolute atomic E-state index is 0.0819. The normalized spacial score (nSPS) is 16.2. The third-order valence-corrected chi connectivity index (χ3v) is 8.32. The molecule has 3 heterocycles. The number of phenols is 1. The molecule has 0 radical (unpaired) electrons. The van der Waals surface area contributed by atoms with Gasteiger partial charge in [0.25, 0.3) is 0 Å². The van der Waals surface area contributed by atoms with Gasteiger partial charge in [-0.05, 0) is 48.3 Å². The molecule has 2 aromatic heterocycles. The average Bonchev–Trinajstić information content (AvgIpc) is 2.99. The molecule has 1 saturated heterocycles. The molecule has 2 atom stereocenters. The summed E-state index contributed by atoms with van der Waals surface area (Å²) in [7, 11) is 1.50. The van der Waals surface area contributed by atoms with E-state index < -0.39 is 39.8 Å². The van der Waals surface area contributed by atoms with Crippen molar-refractivity contribution in [1.82, 2.24) is 19.8 Å². The molecule has 0 aliphatic carbocycles. The number of aromatic hydroxyl groups is 1. The number of carbonyl (C=O) groups excluding carboxylic acids is 2. The summed E-state index contributed by atoms with van der Waals surface area (Å²) in [6, 6.07) is 5.85. The number of phenolic OH excluding ortho intramolecular Hbond substituents is 1. The maximum atomic E-state index is 16.0. The van der Waals surface area contributed by atoms with E-state index in [2.05, 4.69) is 21.5 Å². The molecule has 1 aromatic carbocycles. The van der Waals surface area contributed by atoms with Crippen LogP contribution in [0.3, 0.4) is 0 Å². The molecular weight excluding hydrogens is 590 g/mol. The lowest BCUT2D eigenvalue weighted by Gasteiger charge is -2.41. The molecule has 1 aliphatic heterocycles. The Morgan fingerprint density at radius 2 is 2.00 bits per heavy atom. The van der Waals surface area contributed by atoms with Crippen molar-refractivity contribution in [1.29, 1.82) is 0 Å². The SMILES string of the molecule is C=CC(=O)N1CCN(/C(=N/C)c2cc(F)c(-c3c(O)cccc3F)nc2N(C=O)c2c([S+](C)[O-])ccnc2C(C)C)C(C)C1. The Morgan fingerprint density at radius 1 is 1.27 bits per heavy atom. The summed E-state index contributed by atoms with van der Waals surface area (Å²) in [5.74, 6) is -2.78. The quantitative estimate of drug-likeness (QED) is 0.130. The number of amides is 2. The van der Waals surface area contributed by atoms with E-state index in [1.165, 1.54) is 43.8 Å². The molecule has 0 bridgehead atoms. The maximum Gasteiger partial charge on any atom is 0.246 e.